The molecule has 3 nitrogen and oxygen atoms in total. The predicted octanol–water partition coefficient (Wildman–Crippen LogP) is 4.80. The van der Waals surface area contributed by atoms with Crippen LogP contribution in [0.25, 0.3) is 5.70 Å². The first-order valence-electron chi connectivity index (χ1n) is 7.50. The van der Waals surface area contributed by atoms with Gasteiger partial charge in [-0.15, -0.1) is 22.7 Å². The maximum Gasteiger partial charge on any atom is 0.205 e. The van der Waals surface area contributed by atoms with E-state index in [1.165, 1.54) is 15.3 Å². The van der Waals surface area contributed by atoms with Gasteiger partial charge < -0.3 is 10.2 Å². The molecule has 2 aliphatic rings. The third-order valence-corrected chi connectivity index (χ3v) is 5.98. The summed E-state index contributed by atoms with van der Waals surface area (Å²) in [5.41, 5.74) is 5.93. The van der Waals surface area contributed by atoms with Crippen LogP contribution in [0, 0.1) is 0 Å². The number of rotatable bonds is 2. The lowest BCUT2D eigenvalue weighted by molar-refractivity contribution is -0.0302. The van der Waals surface area contributed by atoms with Gasteiger partial charge in [0.15, 0.2) is 0 Å². The quantitative estimate of drug-likeness (QED) is 0.726. The molecule has 114 valence electrons. The molecule has 0 unspecified atom stereocenters. The Morgan fingerprint density at radius 2 is 1.83 bits per heavy atom. The number of para-hydroxylation sites is 1. The van der Waals surface area contributed by atoms with Crippen LogP contribution in [0.1, 0.15) is 27.6 Å². The second-order valence-electron chi connectivity index (χ2n) is 5.55. The Morgan fingerprint density at radius 3 is 2.65 bits per heavy atom. The van der Waals surface area contributed by atoms with Crippen LogP contribution in [0.5, 0.6) is 5.75 Å². The van der Waals surface area contributed by atoms with Gasteiger partial charge in [0.25, 0.3) is 0 Å². The zero-order chi connectivity index (χ0) is 15.2. The van der Waals surface area contributed by atoms with Crippen LogP contribution < -0.4 is 10.2 Å². The average Bonchev–Trinajstić information content (AvgIpc) is 3.34. The lowest BCUT2D eigenvalue weighted by Gasteiger charge is -2.38. The van der Waals surface area contributed by atoms with E-state index in [1.807, 2.05) is 6.07 Å². The number of hydrazine groups is 1. The summed E-state index contributed by atoms with van der Waals surface area (Å²) in [4.78, 5) is 2.46. The number of thiophene rings is 2. The third-order valence-electron chi connectivity index (χ3n) is 4.18. The van der Waals surface area contributed by atoms with Gasteiger partial charge in [-0.2, -0.15) is 5.01 Å². The van der Waals surface area contributed by atoms with E-state index >= 15 is 0 Å². The zero-order valence-electron chi connectivity index (χ0n) is 12.2. The number of hydrogen-bond donors (Lipinski definition) is 1. The van der Waals surface area contributed by atoms with Crippen molar-refractivity contribution in [3.63, 3.8) is 0 Å². The summed E-state index contributed by atoms with van der Waals surface area (Å²) in [5.74, 6) is 0.970. The molecule has 0 aliphatic carbocycles. The molecule has 3 aromatic rings. The van der Waals surface area contributed by atoms with Gasteiger partial charge in [0.2, 0.25) is 6.23 Å². The maximum atomic E-state index is 6.30. The molecular weight excluding hydrogens is 324 g/mol. The van der Waals surface area contributed by atoms with Crippen molar-refractivity contribution in [1.82, 2.24) is 10.4 Å². The fourth-order valence-electron chi connectivity index (χ4n) is 3.13. The predicted molar refractivity (Wildman–Crippen MR) is 94.1 cm³/mol. The summed E-state index contributed by atoms with van der Waals surface area (Å²) >= 11 is 3.47. The highest BCUT2D eigenvalue weighted by molar-refractivity contribution is 7.11. The van der Waals surface area contributed by atoms with Gasteiger partial charge in [-0.25, -0.2) is 0 Å². The lowest BCUT2D eigenvalue weighted by atomic mass is 10.0. The Labute approximate surface area is 142 Å². The molecule has 0 saturated carbocycles. The minimum absolute atomic E-state index is 0.108. The molecule has 23 heavy (non-hydrogen) atoms. The molecule has 2 aromatic heterocycles. The van der Waals surface area contributed by atoms with Crippen LogP contribution in [-0.4, -0.2) is 5.01 Å². The first-order valence-corrected chi connectivity index (χ1v) is 9.26. The van der Waals surface area contributed by atoms with Gasteiger partial charge in [0.1, 0.15) is 5.75 Å². The van der Waals surface area contributed by atoms with E-state index in [0.717, 1.165) is 11.4 Å². The Bertz CT molecular complexity index is 855. The summed E-state index contributed by atoms with van der Waals surface area (Å²) in [5, 5.41) is 6.41. The number of nitrogens with one attached hydrogen (secondary N) is 1. The Kier molecular flexibility index (Phi) is 3.04. The third kappa shape index (κ3) is 2.12. The lowest BCUT2D eigenvalue weighted by Crippen LogP contribution is -2.42. The van der Waals surface area contributed by atoms with Crippen molar-refractivity contribution in [3.05, 3.63) is 80.7 Å². The monoisotopic (exact) mass is 338 g/mol. The van der Waals surface area contributed by atoms with Crippen LogP contribution in [0.15, 0.2) is 65.4 Å². The van der Waals surface area contributed by atoms with Crippen molar-refractivity contribution in [2.75, 3.05) is 0 Å². The van der Waals surface area contributed by atoms with E-state index in [9.17, 15) is 0 Å². The molecule has 0 bridgehead atoms. The molecule has 1 aromatic carbocycles. The molecule has 5 rings (SSSR count). The van der Waals surface area contributed by atoms with E-state index in [2.05, 4.69) is 69.7 Å². The molecule has 0 fully saturated rings. The van der Waals surface area contributed by atoms with E-state index in [4.69, 9.17) is 4.74 Å². The molecule has 2 aliphatic heterocycles. The number of nitrogens with zero attached hydrogens (tertiary/aromatic N) is 1. The smallest absolute Gasteiger partial charge is 0.205 e. The number of ether oxygens (including phenoxy) is 1. The molecule has 1 N–H and O–H groups in total. The normalized spacial score (nSPS) is 22.7. The highest BCUT2D eigenvalue weighted by Crippen LogP contribution is 2.46. The van der Waals surface area contributed by atoms with E-state index < -0.39 is 0 Å². The van der Waals surface area contributed by atoms with Gasteiger partial charge in [-0.3, -0.25) is 0 Å². The molecular formula is C18H14N2OS2. The molecule has 5 heteroatoms. The van der Waals surface area contributed by atoms with Crippen LogP contribution in [-0.2, 0) is 0 Å². The number of fused-ring (bicyclic) bond motifs is 3. The summed E-state index contributed by atoms with van der Waals surface area (Å²) in [7, 11) is 0. The number of benzene rings is 1. The average molecular weight is 338 g/mol. The topological polar surface area (TPSA) is 24.5 Å². The minimum atomic E-state index is -0.108. The van der Waals surface area contributed by atoms with Crippen LogP contribution in [0.4, 0.5) is 0 Å². The summed E-state index contributed by atoms with van der Waals surface area (Å²) < 4.78 is 6.30. The summed E-state index contributed by atoms with van der Waals surface area (Å²) in [6.45, 7) is 0. The van der Waals surface area contributed by atoms with Crippen LogP contribution in [0.3, 0.4) is 0 Å². The fraction of sp³-hybridized carbons (Fsp3) is 0.111. The van der Waals surface area contributed by atoms with Crippen molar-refractivity contribution >= 4 is 28.4 Å². The Hall–Kier alpha value is -2.08. The van der Waals surface area contributed by atoms with Gasteiger partial charge in [-0.05, 0) is 35.0 Å². The van der Waals surface area contributed by atoms with E-state index in [0.29, 0.717) is 0 Å². The molecule has 0 radical (unpaired) electrons. The van der Waals surface area contributed by atoms with E-state index in [1.54, 1.807) is 22.7 Å². The Balaban J connectivity index is 1.61. The molecule has 0 saturated heterocycles. The molecule has 0 spiro atoms. The van der Waals surface area contributed by atoms with E-state index in [-0.39, 0.29) is 12.3 Å². The van der Waals surface area contributed by atoms with Crippen molar-refractivity contribution in [2.24, 2.45) is 0 Å². The van der Waals surface area contributed by atoms with Gasteiger partial charge in [0.05, 0.1) is 21.5 Å². The van der Waals surface area contributed by atoms with Crippen molar-refractivity contribution < 1.29 is 4.74 Å². The van der Waals surface area contributed by atoms with Crippen molar-refractivity contribution in [1.29, 1.82) is 0 Å². The van der Waals surface area contributed by atoms with Gasteiger partial charge in [0, 0.05) is 5.56 Å². The highest BCUT2D eigenvalue weighted by atomic mass is 32.1. The molecule has 4 heterocycles. The largest absolute Gasteiger partial charge is 0.468 e. The minimum Gasteiger partial charge on any atom is -0.468 e. The summed E-state index contributed by atoms with van der Waals surface area (Å²) in [6, 6.07) is 16.9. The molecule has 0 amide bonds. The summed E-state index contributed by atoms with van der Waals surface area (Å²) in [6.07, 6.45) is 2.19. The standard InChI is InChI=1S/C18H14N2OS2/c1-2-6-15-12(5-1)14-11-13(16-7-3-9-22-16)19-20(14)18(21-15)17-8-4-10-23-17/h1-11,14,18-19H/t14-,18-/m0/s1. The van der Waals surface area contributed by atoms with Crippen LogP contribution in [0.2, 0.25) is 0 Å². The highest BCUT2D eigenvalue weighted by Gasteiger charge is 2.40. The van der Waals surface area contributed by atoms with Gasteiger partial charge >= 0.3 is 0 Å². The van der Waals surface area contributed by atoms with Crippen LogP contribution >= 0.6 is 22.7 Å². The fourth-order valence-corrected chi connectivity index (χ4v) is 4.58. The number of hydrogen-bond acceptors (Lipinski definition) is 5. The second kappa shape index (κ2) is 5.23. The first kappa shape index (κ1) is 13.4. The molecule has 2 atom stereocenters. The Morgan fingerprint density at radius 1 is 0.957 bits per heavy atom. The zero-order valence-corrected chi connectivity index (χ0v) is 13.8. The van der Waals surface area contributed by atoms with Crippen molar-refractivity contribution in [2.45, 2.75) is 12.3 Å². The maximum absolute atomic E-state index is 6.30. The second-order valence-corrected chi connectivity index (χ2v) is 7.47. The SMILES string of the molecule is C1=C(c2cccs2)NN2[C@@H]1c1ccccc1O[C@H]2c1cccs1. The van der Waals surface area contributed by atoms with Crippen molar-refractivity contribution in [3.8, 4) is 5.75 Å². The van der Waals surface area contributed by atoms with Gasteiger partial charge in [-0.1, -0.05) is 30.3 Å². The first-order chi connectivity index (χ1) is 11.4.